The second kappa shape index (κ2) is 9.88. The van der Waals surface area contributed by atoms with E-state index in [4.69, 9.17) is 0 Å². The highest BCUT2D eigenvalue weighted by Crippen LogP contribution is 2.54. The molecule has 2 heteroatoms. The highest BCUT2D eigenvalue weighted by molar-refractivity contribution is 5.81. The van der Waals surface area contributed by atoms with Gasteiger partial charge in [-0.3, -0.25) is 4.90 Å². The van der Waals surface area contributed by atoms with Gasteiger partial charge in [0.2, 0.25) is 0 Å². The normalized spacial score (nSPS) is 17.3. The zero-order valence-corrected chi connectivity index (χ0v) is 21.8. The van der Waals surface area contributed by atoms with Gasteiger partial charge in [0.05, 0.1) is 0 Å². The van der Waals surface area contributed by atoms with Gasteiger partial charge in [-0.05, 0) is 90.0 Å². The quantitative estimate of drug-likeness (QED) is 0.515. The molecule has 2 aromatic rings. The van der Waals surface area contributed by atoms with Gasteiger partial charge in [0.25, 0.3) is 0 Å². The number of piperidine rings is 1. The second-order valence-electron chi connectivity index (χ2n) is 9.67. The first kappa shape index (κ1) is 25.6. The zero-order valence-electron chi connectivity index (χ0n) is 21.8. The lowest BCUT2D eigenvalue weighted by atomic mass is 9.69. The molecule has 1 heterocycles. The number of benzene rings is 2. The Bertz CT molecular complexity index is 792. The number of hydrogen-bond donors (Lipinski definition) is 0. The van der Waals surface area contributed by atoms with E-state index in [1.54, 1.807) is 11.1 Å². The fraction of sp³-hybridized carbons (Fsp3) is 0.586. The third kappa shape index (κ3) is 4.10. The van der Waals surface area contributed by atoms with Gasteiger partial charge in [-0.25, -0.2) is 0 Å². The number of nitrogens with zero attached hydrogens (tertiary/aromatic N) is 2. The van der Waals surface area contributed by atoms with E-state index in [0.717, 1.165) is 13.1 Å². The summed E-state index contributed by atoms with van der Waals surface area (Å²) in [5, 5.41) is 0. The maximum absolute atomic E-state index is 2.72. The van der Waals surface area contributed by atoms with E-state index in [1.165, 1.54) is 24.0 Å². The van der Waals surface area contributed by atoms with E-state index in [-0.39, 0.29) is 16.5 Å². The number of likely N-dealkylation sites (tertiary alicyclic amines) is 1. The van der Waals surface area contributed by atoms with Crippen LogP contribution in [0, 0.1) is 0 Å². The summed E-state index contributed by atoms with van der Waals surface area (Å²) in [5.41, 5.74) is 6.44. The lowest BCUT2D eigenvalue weighted by molar-refractivity contribution is -0.0311. The van der Waals surface area contributed by atoms with Gasteiger partial charge in [0, 0.05) is 16.5 Å². The monoisotopic (exact) mass is 422 g/mol. The fourth-order valence-corrected chi connectivity index (χ4v) is 5.34. The average Bonchev–Trinajstić information content (AvgIpc) is 3.07. The minimum Gasteiger partial charge on any atom is -0.302 e. The Morgan fingerprint density at radius 2 is 1.10 bits per heavy atom. The van der Waals surface area contributed by atoms with E-state index < -0.39 is 0 Å². The Balaban J connectivity index is 0.000000807. The molecular weight excluding hydrogens is 376 g/mol. The summed E-state index contributed by atoms with van der Waals surface area (Å²) >= 11 is 0. The predicted molar refractivity (Wildman–Crippen MR) is 138 cm³/mol. The van der Waals surface area contributed by atoms with E-state index in [1.807, 2.05) is 27.7 Å². The zero-order chi connectivity index (χ0) is 23.4. The molecule has 1 saturated heterocycles. The second-order valence-corrected chi connectivity index (χ2v) is 9.67. The molecule has 0 amide bonds. The Morgan fingerprint density at radius 1 is 0.710 bits per heavy atom. The van der Waals surface area contributed by atoms with Crippen molar-refractivity contribution in [1.82, 2.24) is 9.80 Å². The van der Waals surface area contributed by atoms with Crippen LogP contribution in [0.4, 0.5) is 0 Å². The molecule has 1 aliphatic carbocycles. The minimum atomic E-state index is 0.114. The molecule has 4 rings (SSSR count). The number of rotatable bonds is 3. The van der Waals surface area contributed by atoms with Crippen LogP contribution in [-0.2, 0) is 5.41 Å². The summed E-state index contributed by atoms with van der Waals surface area (Å²) < 4.78 is 0. The first-order valence-corrected chi connectivity index (χ1v) is 12.3. The molecule has 2 aliphatic rings. The van der Waals surface area contributed by atoms with Crippen molar-refractivity contribution in [2.45, 2.75) is 84.7 Å². The van der Waals surface area contributed by atoms with Gasteiger partial charge in [-0.2, -0.15) is 0 Å². The summed E-state index contributed by atoms with van der Waals surface area (Å²) in [5.74, 6) is 0. The van der Waals surface area contributed by atoms with E-state index >= 15 is 0 Å². The summed E-state index contributed by atoms with van der Waals surface area (Å²) in [6.07, 6.45) is 2.40. The summed E-state index contributed by atoms with van der Waals surface area (Å²) in [6.45, 7) is 19.9. The smallest absolute Gasteiger partial charge is 0.0331 e. The molecule has 0 N–H and O–H groups in total. The highest BCUT2D eigenvalue weighted by Gasteiger charge is 2.49. The van der Waals surface area contributed by atoms with Crippen molar-refractivity contribution in [2.75, 3.05) is 27.2 Å². The third-order valence-corrected chi connectivity index (χ3v) is 8.20. The fourth-order valence-electron chi connectivity index (χ4n) is 5.34. The molecule has 1 fully saturated rings. The van der Waals surface area contributed by atoms with Crippen molar-refractivity contribution in [1.29, 1.82) is 0 Å². The van der Waals surface area contributed by atoms with Crippen LogP contribution in [0.25, 0.3) is 11.1 Å². The van der Waals surface area contributed by atoms with Crippen LogP contribution in [0.3, 0.4) is 0 Å². The molecule has 0 aromatic heterocycles. The number of hydrogen-bond acceptors (Lipinski definition) is 2. The topological polar surface area (TPSA) is 6.48 Å². The summed E-state index contributed by atoms with van der Waals surface area (Å²) in [6, 6.07) is 18.2. The Morgan fingerprint density at radius 3 is 1.48 bits per heavy atom. The van der Waals surface area contributed by atoms with Crippen LogP contribution in [0.15, 0.2) is 48.5 Å². The van der Waals surface area contributed by atoms with Crippen molar-refractivity contribution in [3.8, 4) is 11.1 Å². The predicted octanol–water partition coefficient (Wildman–Crippen LogP) is 7.22. The molecule has 0 bridgehead atoms. The van der Waals surface area contributed by atoms with E-state index in [2.05, 4.69) is 100 Å². The van der Waals surface area contributed by atoms with E-state index in [0.29, 0.717) is 0 Å². The number of fused-ring (bicyclic) bond motifs is 5. The van der Waals surface area contributed by atoms with Gasteiger partial charge in [0.15, 0.2) is 0 Å². The van der Waals surface area contributed by atoms with Crippen molar-refractivity contribution >= 4 is 0 Å². The van der Waals surface area contributed by atoms with Gasteiger partial charge in [-0.15, -0.1) is 0 Å². The minimum absolute atomic E-state index is 0.114. The molecule has 0 radical (unpaired) electrons. The van der Waals surface area contributed by atoms with Crippen LogP contribution in [0.5, 0.6) is 0 Å². The van der Waals surface area contributed by atoms with Crippen molar-refractivity contribution in [3.05, 3.63) is 59.7 Å². The average molecular weight is 423 g/mol. The van der Waals surface area contributed by atoms with Crippen molar-refractivity contribution in [3.63, 3.8) is 0 Å². The van der Waals surface area contributed by atoms with Gasteiger partial charge < -0.3 is 4.90 Å². The molecule has 0 unspecified atom stereocenters. The van der Waals surface area contributed by atoms with Gasteiger partial charge in [-0.1, -0.05) is 76.2 Å². The molecule has 2 aromatic carbocycles. The van der Waals surface area contributed by atoms with Crippen molar-refractivity contribution < 1.29 is 0 Å². The first-order valence-electron chi connectivity index (χ1n) is 12.3. The summed E-state index contributed by atoms with van der Waals surface area (Å²) in [4.78, 5) is 5.10. The van der Waals surface area contributed by atoms with Gasteiger partial charge >= 0.3 is 0 Å². The maximum atomic E-state index is 2.72. The molecule has 0 saturated carbocycles. The van der Waals surface area contributed by atoms with Crippen LogP contribution >= 0.6 is 0 Å². The van der Waals surface area contributed by atoms with Gasteiger partial charge in [0.1, 0.15) is 0 Å². The van der Waals surface area contributed by atoms with E-state index in [9.17, 15) is 0 Å². The van der Waals surface area contributed by atoms with Crippen LogP contribution in [0.1, 0.15) is 79.4 Å². The van der Waals surface area contributed by atoms with Crippen LogP contribution in [-0.4, -0.2) is 48.1 Å². The lowest BCUT2D eigenvalue weighted by Gasteiger charge is -2.55. The SMILES string of the molecule is CC.CC.CN(C)C(C)(C)C(C)(C)N1CCC2(CC1)c1ccccc1-c1ccccc12. The lowest BCUT2D eigenvalue weighted by Crippen LogP contribution is -2.65. The molecule has 31 heavy (non-hydrogen) atoms. The highest BCUT2D eigenvalue weighted by atomic mass is 15.3. The third-order valence-electron chi connectivity index (χ3n) is 8.20. The Hall–Kier alpha value is -1.64. The molecule has 1 spiro atoms. The van der Waals surface area contributed by atoms with Crippen molar-refractivity contribution in [2.24, 2.45) is 0 Å². The summed E-state index contributed by atoms with van der Waals surface area (Å²) in [7, 11) is 4.41. The van der Waals surface area contributed by atoms with Crippen LogP contribution < -0.4 is 0 Å². The molecular formula is C29H46N2. The van der Waals surface area contributed by atoms with Crippen LogP contribution in [0.2, 0.25) is 0 Å². The first-order chi connectivity index (χ1) is 14.7. The standard InChI is InChI=1S/C25H34N2.2C2H6/c1-23(2,26(5)6)24(3,4)27-17-15-25(16-18-27)21-13-9-7-11-19(21)20-12-8-10-14-22(20)25;2*1-2/h7-14H,15-18H2,1-6H3;2*1-2H3. The molecule has 2 nitrogen and oxygen atoms in total. The maximum Gasteiger partial charge on any atom is 0.0331 e. The largest absolute Gasteiger partial charge is 0.302 e. The Labute approximate surface area is 192 Å². The number of likely N-dealkylation sites (N-methyl/N-ethyl adjacent to an activating group) is 1. The molecule has 1 aliphatic heterocycles. The molecule has 172 valence electrons. The Kier molecular flexibility index (Phi) is 8.16. The molecule has 0 atom stereocenters.